The maximum absolute atomic E-state index is 7.16. The van der Waals surface area contributed by atoms with Crippen LogP contribution >= 0.6 is 0 Å². The molecule has 13 rings (SSSR count). The average molecular weight is 983 g/mol. The molecule has 0 bridgehead atoms. The number of pyridine rings is 1. The number of hydrogen-bond acceptors (Lipinski definition) is 5. The van der Waals surface area contributed by atoms with E-state index < -0.39 is 0 Å². The molecular weight excluding hydrogens is 929 g/mol. The Morgan fingerprint density at radius 3 is 1.53 bits per heavy atom. The van der Waals surface area contributed by atoms with Gasteiger partial charge in [-0.05, 0) is 93.9 Å². The van der Waals surface area contributed by atoms with Gasteiger partial charge in [-0.25, -0.2) is 4.98 Å². The summed E-state index contributed by atoms with van der Waals surface area (Å²) in [6.07, 6.45) is 1.84. The summed E-state index contributed by atoms with van der Waals surface area (Å²) in [5.41, 5.74) is 16.5. The molecule has 0 spiro atoms. The molecule has 0 N–H and O–H groups in total. The van der Waals surface area contributed by atoms with Crippen molar-refractivity contribution >= 4 is 44.6 Å². The summed E-state index contributed by atoms with van der Waals surface area (Å²) in [6.45, 7) is 7.39. The first-order valence-corrected chi connectivity index (χ1v) is 26.0. The second-order valence-corrected chi connectivity index (χ2v) is 20.4. The number of anilines is 4. The fourth-order valence-electron chi connectivity index (χ4n) is 10.8. The predicted molar refractivity (Wildman–Crippen MR) is 314 cm³/mol. The van der Waals surface area contributed by atoms with Crippen LogP contribution in [0.15, 0.2) is 261 Å². The van der Waals surface area contributed by atoms with Crippen LogP contribution in [0.4, 0.5) is 22.7 Å². The molecule has 10 aromatic carbocycles. The molecule has 1 aliphatic rings. The fourth-order valence-corrected chi connectivity index (χ4v) is 10.8. The van der Waals surface area contributed by atoms with Crippen LogP contribution in [0, 0.1) is 0 Å². The summed E-state index contributed by atoms with van der Waals surface area (Å²) >= 11 is 0. The lowest BCUT2D eigenvalue weighted by Crippen LogP contribution is -2.24. The molecule has 3 heterocycles. The number of hydrogen-bond donors (Lipinski definition) is 0. The lowest BCUT2D eigenvalue weighted by atomic mass is 9.82. The standard InChI is InChI=1S/C70H54N4O2/c1-70(2,3)52-42-61(50-26-12-6-13-27-50)69(62(43-52)51-28-14-7-15-29-51)76-56-40-41-71-67(46-56)74-63-35-17-16-32-59(63)60-39-38-55(45-66(60)74)75-54-31-20-30-53(44-54)72-47-73(65-37-19-18-36-64(65)72)68-57(48-22-8-4-9-23-48)33-21-34-58(68)49-24-10-5-11-25-49/h4-46H,47H2,1-3H3. The molecule has 6 heteroatoms. The number of ether oxygens (including phenoxy) is 2. The van der Waals surface area contributed by atoms with Gasteiger partial charge < -0.3 is 19.3 Å². The molecule has 0 fully saturated rings. The Labute approximate surface area is 444 Å². The van der Waals surface area contributed by atoms with Crippen molar-refractivity contribution < 1.29 is 9.47 Å². The third kappa shape index (κ3) is 8.59. The molecule has 0 radical (unpaired) electrons. The van der Waals surface area contributed by atoms with Gasteiger partial charge in [0.15, 0.2) is 0 Å². The summed E-state index contributed by atoms with van der Waals surface area (Å²) in [6, 6.07) is 89.6. The van der Waals surface area contributed by atoms with Gasteiger partial charge in [0.05, 0.1) is 28.1 Å². The summed E-state index contributed by atoms with van der Waals surface area (Å²) in [5.74, 6) is 3.66. The van der Waals surface area contributed by atoms with Gasteiger partial charge in [0.25, 0.3) is 0 Å². The highest BCUT2D eigenvalue weighted by molar-refractivity contribution is 6.09. The van der Waals surface area contributed by atoms with Gasteiger partial charge in [0, 0.05) is 63.1 Å². The van der Waals surface area contributed by atoms with Crippen molar-refractivity contribution in [1.82, 2.24) is 9.55 Å². The summed E-state index contributed by atoms with van der Waals surface area (Å²) in [4.78, 5) is 9.86. The molecule has 12 aromatic rings. The van der Waals surface area contributed by atoms with Gasteiger partial charge >= 0.3 is 0 Å². The lowest BCUT2D eigenvalue weighted by molar-refractivity contribution is 0.483. The van der Waals surface area contributed by atoms with Gasteiger partial charge in [-0.15, -0.1) is 0 Å². The van der Waals surface area contributed by atoms with E-state index in [1.807, 2.05) is 24.4 Å². The maximum Gasteiger partial charge on any atom is 0.143 e. The second kappa shape index (κ2) is 19.3. The minimum Gasteiger partial charge on any atom is -0.457 e. The van der Waals surface area contributed by atoms with Crippen LogP contribution in [0.2, 0.25) is 0 Å². The Kier molecular flexibility index (Phi) is 11.7. The molecule has 1 aliphatic heterocycles. The van der Waals surface area contributed by atoms with E-state index in [2.05, 4.69) is 272 Å². The van der Waals surface area contributed by atoms with Gasteiger partial charge in [0.2, 0.25) is 0 Å². The molecular formula is C70H54N4O2. The van der Waals surface area contributed by atoms with Crippen LogP contribution in [-0.2, 0) is 5.41 Å². The monoisotopic (exact) mass is 982 g/mol. The largest absolute Gasteiger partial charge is 0.457 e. The van der Waals surface area contributed by atoms with Crippen molar-refractivity contribution in [2.45, 2.75) is 26.2 Å². The van der Waals surface area contributed by atoms with E-state index >= 15 is 0 Å². The molecule has 0 saturated heterocycles. The van der Waals surface area contributed by atoms with Crippen molar-refractivity contribution in [3.8, 4) is 73.3 Å². The molecule has 0 atom stereocenters. The van der Waals surface area contributed by atoms with Crippen LogP contribution in [0.1, 0.15) is 26.3 Å². The second-order valence-electron chi connectivity index (χ2n) is 20.4. The minimum absolute atomic E-state index is 0.0938. The highest BCUT2D eigenvalue weighted by Crippen LogP contribution is 2.51. The Hall–Kier alpha value is -9.65. The molecule has 0 amide bonds. The van der Waals surface area contributed by atoms with E-state index in [1.54, 1.807) is 0 Å². The van der Waals surface area contributed by atoms with E-state index in [0.29, 0.717) is 18.2 Å². The van der Waals surface area contributed by atoms with E-state index in [1.165, 1.54) is 33.5 Å². The van der Waals surface area contributed by atoms with Crippen molar-refractivity contribution in [2.24, 2.45) is 0 Å². The van der Waals surface area contributed by atoms with Crippen molar-refractivity contribution in [3.05, 3.63) is 267 Å². The highest BCUT2D eigenvalue weighted by Gasteiger charge is 2.32. The SMILES string of the molecule is CC(C)(C)c1cc(-c2ccccc2)c(Oc2ccnc(-n3c4ccccc4c4ccc(Oc5cccc(N6CN(c7c(-c8ccccc8)cccc7-c7ccccc7)c7ccccc76)c5)cc43)c2)c(-c2ccccc2)c1. The summed E-state index contributed by atoms with van der Waals surface area (Å²) < 4.78 is 16.2. The van der Waals surface area contributed by atoms with Gasteiger partial charge in [-0.2, -0.15) is 0 Å². The third-order valence-electron chi connectivity index (χ3n) is 14.5. The zero-order valence-electron chi connectivity index (χ0n) is 42.6. The van der Waals surface area contributed by atoms with Gasteiger partial charge in [-0.3, -0.25) is 4.57 Å². The fraction of sp³-hybridized carbons (Fsp3) is 0.0714. The summed E-state index contributed by atoms with van der Waals surface area (Å²) in [5, 5.41) is 2.22. The molecule has 0 saturated carbocycles. The third-order valence-corrected chi connectivity index (χ3v) is 14.5. The van der Waals surface area contributed by atoms with E-state index in [9.17, 15) is 0 Å². The smallest absolute Gasteiger partial charge is 0.143 e. The molecule has 2 aromatic heterocycles. The maximum atomic E-state index is 7.16. The van der Waals surface area contributed by atoms with Gasteiger partial charge in [-0.1, -0.05) is 197 Å². The topological polar surface area (TPSA) is 42.8 Å². The first-order chi connectivity index (χ1) is 37.3. The van der Waals surface area contributed by atoms with Crippen LogP contribution in [0.25, 0.3) is 72.1 Å². The van der Waals surface area contributed by atoms with Crippen LogP contribution in [0.5, 0.6) is 23.0 Å². The van der Waals surface area contributed by atoms with Crippen molar-refractivity contribution in [3.63, 3.8) is 0 Å². The number of rotatable bonds is 11. The minimum atomic E-state index is -0.0938. The number of aromatic nitrogens is 2. The molecule has 0 unspecified atom stereocenters. The Morgan fingerprint density at radius 1 is 0.395 bits per heavy atom. The zero-order valence-corrected chi connectivity index (χ0v) is 42.6. The quantitative estimate of drug-likeness (QED) is 0.129. The normalized spacial score (nSPS) is 12.3. The Balaban J connectivity index is 0.860. The number of fused-ring (bicyclic) bond motifs is 4. The van der Waals surface area contributed by atoms with E-state index in [-0.39, 0.29) is 5.41 Å². The summed E-state index contributed by atoms with van der Waals surface area (Å²) in [7, 11) is 0. The lowest BCUT2D eigenvalue weighted by Gasteiger charge is -2.27. The first-order valence-electron chi connectivity index (χ1n) is 26.0. The van der Waals surface area contributed by atoms with E-state index in [0.717, 1.165) is 78.4 Å². The van der Waals surface area contributed by atoms with Crippen LogP contribution < -0.4 is 19.3 Å². The van der Waals surface area contributed by atoms with Crippen molar-refractivity contribution in [2.75, 3.05) is 16.5 Å². The number of nitrogens with zero attached hydrogens (tertiary/aromatic N) is 4. The predicted octanol–water partition coefficient (Wildman–Crippen LogP) is 19.0. The van der Waals surface area contributed by atoms with Gasteiger partial charge in [0.1, 0.15) is 35.5 Å². The Morgan fingerprint density at radius 2 is 0.908 bits per heavy atom. The van der Waals surface area contributed by atoms with Crippen LogP contribution in [0.3, 0.4) is 0 Å². The van der Waals surface area contributed by atoms with Crippen LogP contribution in [-0.4, -0.2) is 16.2 Å². The zero-order chi connectivity index (χ0) is 51.2. The average Bonchev–Trinajstić information content (AvgIpc) is 4.04. The molecule has 366 valence electrons. The molecule has 76 heavy (non-hydrogen) atoms. The highest BCUT2D eigenvalue weighted by atomic mass is 16.5. The Bertz CT molecular complexity index is 3950. The number of benzene rings is 10. The molecule has 0 aliphatic carbocycles. The van der Waals surface area contributed by atoms with Crippen molar-refractivity contribution in [1.29, 1.82) is 0 Å². The number of para-hydroxylation sites is 4. The first kappa shape index (κ1) is 46.2. The molecule has 6 nitrogen and oxygen atoms in total. The van der Waals surface area contributed by atoms with E-state index in [4.69, 9.17) is 14.5 Å².